The number of carbonyl (C=O) groups excluding carboxylic acids is 2. The van der Waals surface area contributed by atoms with E-state index in [0.29, 0.717) is 23.9 Å². The van der Waals surface area contributed by atoms with E-state index in [-0.39, 0.29) is 18.2 Å². The minimum absolute atomic E-state index is 0.0660. The maximum atomic E-state index is 12.5. The van der Waals surface area contributed by atoms with Crippen LogP contribution in [-0.2, 0) is 16.2 Å². The second-order valence-electron chi connectivity index (χ2n) is 7.43. The lowest BCUT2D eigenvalue weighted by atomic mass is 10.1. The Bertz CT molecular complexity index is 1130. The number of carbonyl (C=O) groups is 2. The zero-order chi connectivity index (χ0) is 22.3. The first-order valence-electron chi connectivity index (χ1n) is 10.2. The molecule has 162 valence electrons. The van der Waals surface area contributed by atoms with Gasteiger partial charge in [0, 0.05) is 29.2 Å². The number of hydrazone groups is 1. The van der Waals surface area contributed by atoms with Crippen molar-refractivity contribution < 1.29 is 14.3 Å². The first kappa shape index (κ1) is 21.6. The normalized spacial score (nSPS) is 15.8. The summed E-state index contributed by atoms with van der Waals surface area (Å²) in [6, 6.07) is 24.2. The van der Waals surface area contributed by atoms with Crippen molar-refractivity contribution in [2.45, 2.75) is 13.0 Å². The number of hydrogen-bond acceptors (Lipinski definition) is 4. The molecule has 7 heteroatoms. The van der Waals surface area contributed by atoms with Gasteiger partial charge in [0.15, 0.2) is 0 Å². The number of rotatable bonds is 7. The molecule has 1 aliphatic heterocycles. The van der Waals surface area contributed by atoms with Crippen LogP contribution in [0.4, 0.5) is 5.69 Å². The third-order valence-corrected chi connectivity index (χ3v) is 5.53. The number of para-hydroxylation sites is 1. The van der Waals surface area contributed by atoms with Crippen molar-refractivity contribution in [2.24, 2.45) is 11.0 Å². The Hall–Kier alpha value is -3.64. The smallest absolute Gasteiger partial charge is 0.245 e. The Morgan fingerprint density at radius 3 is 2.69 bits per heavy atom. The third-order valence-electron chi connectivity index (χ3n) is 5.16. The Balaban J connectivity index is 1.31. The lowest BCUT2D eigenvalue weighted by Crippen LogP contribution is -2.30. The summed E-state index contributed by atoms with van der Waals surface area (Å²) in [4.78, 5) is 26.4. The summed E-state index contributed by atoms with van der Waals surface area (Å²) in [6.45, 7) is 0.695. The molecule has 6 nitrogen and oxygen atoms in total. The van der Waals surface area contributed by atoms with Crippen LogP contribution in [-0.4, -0.2) is 24.6 Å². The molecule has 3 aromatic carbocycles. The number of nitrogens with one attached hydrogen (secondary N) is 1. The molecule has 0 saturated carbocycles. The van der Waals surface area contributed by atoms with Crippen LogP contribution < -0.4 is 15.1 Å². The molecule has 0 radical (unpaired) electrons. The Kier molecular flexibility index (Phi) is 6.82. The molecular weight excluding hydrogens is 426 g/mol. The van der Waals surface area contributed by atoms with E-state index < -0.39 is 5.92 Å². The first-order chi connectivity index (χ1) is 15.6. The van der Waals surface area contributed by atoms with Gasteiger partial charge in [0.2, 0.25) is 11.8 Å². The molecule has 1 N–H and O–H groups in total. The maximum absolute atomic E-state index is 12.5. The summed E-state index contributed by atoms with van der Waals surface area (Å²) in [6.07, 6.45) is 1.72. The van der Waals surface area contributed by atoms with Crippen LogP contribution >= 0.6 is 11.6 Å². The summed E-state index contributed by atoms with van der Waals surface area (Å²) < 4.78 is 5.81. The highest BCUT2D eigenvalue weighted by Gasteiger charge is 2.34. The predicted octanol–water partition coefficient (Wildman–Crippen LogP) is 4.42. The molecule has 1 heterocycles. The van der Waals surface area contributed by atoms with Gasteiger partial charge in [-0.25, -0.2) is 5.43 Å². The Morgan fingerprint density at radius 1 is 1.09 bits per heavy atom. The summed E-state index contributed by atoms with van der Waals surface area (Å²) in [5.41, 5.74) is 5.01. The highest BCUT2D eigenvalue weighted by molar-refractivity contribution is 6.31. The van der Waals surface area contributed by atoms with E-state index in [2.05, 4.69) is 10.5 Å². The Labute approximate surface area is 191 Å². The van der Waals surface area contributed by atoms with Crippen molar-refractivity contribution in [3.05, 3.63) is 95.0 Å². The van der Waals surface area contributed by atoms with Crippen molar-refractivity contribution in [3.8, 4) is 5.75 Å². The van der Waals surface area contributed by atoms with Crippen LogP contribution in [0.3, 0.4) is 0 Å². The van der Waals surface area contributed by atoms with Crippen molar-refractivity contribution in [1.29, 1.82) is 0 Å². The fraction of sp³-hybridized carbons (Fsp3) is 0.160. The van der Waals surface area contributed by atoms with Gasteiger partial charge in [-0.05, 0) is 35.9 Å². The highest BCUT2D eigenvalue weighted by Crippen LogP contribution is 2.25. The molecule has 32 heavy (non-hydrogen) atoms. The van der Waals surface area contributed by atoms with Crippen LogP contribution in [0.5, 0.6) is 5.75 Å². The molecule has 1 atom stereocenters. The van der Waals surface area contributed by atoms with Crippen molar-refractivity contribution in [1.82, 2.24) is 5.43 Å². The monoisotopic (exact) mass is 447 g/mol. The maximum Gasteiger partial charge on any atom is 0.245 e. The Morgan fingerprint density at radius 2 is 1.88 bits per heavy atom. The van der Waals surface area contributed by atoms with Gasteiger partial charge in [0.1, 0.15) is 12.4 Å². The number of benzene rings is 3. The molecule has 0 unspecified atom stereocenters. The molecule has 0 aliphatic carbocycles. The minimum Gasteiger partial charge on any atom is -0.489 e. The molecule has 0 bridgehead atoms. The van der Waals surface area contributed by atoms with E-state index >= 15 is 0 Å². The zero-order valence-corrected chi connectivity index (χ0v) is 18.0. The van der Waals surface area contributed by atoms with Gasteiger partial charge in [-0.2, -0.15) is 5.10 Å². The van der Waals surface area contributed by atoms with Crippen molar-refractivity contribution in [2.75, 3.05) is 11.4 Å². The van der Waals surface area contributed by atoms with Gasteiger partial charge in [0.25, 0.3) is 0 Å². The number of halogens is 1. The SMILES string of the molecule is O=C(N/N=C\c1cccc(OCc2ccccc2Cl)c1)[C@@H]1CC(=O)N(c2ccccc2)C1. The molecule has 0 spiro atoms. The summed E-state index contributed by atoms with van der Waals surface area (Å²) >= 11 is 6.16. The standard InChI is InChI=1S/C25H22ClN3O3/c26-23-12-5-4-8-19(23)17-32-22-11-6-7-18(13-22)15-27-28-25(31)20-14-24(30)29(16-20)21-9-2-1-3-10-21/h1-13,15,20H,14,16-17H2,(H,28,31)/b27-15-/t20-/m1/s1. The second kappa shape index (κ2) is 10.1. The largest absolute Gasteiger partial charge is 0.489 e. The second-order valence-corrected chi connectivity index (χ2v) is 7.83. The lowest BCUT2D eigenvalue weighted by molar-refractivity contribution is -0.126. The van der Waals surface area contributed by atoms with Gasteiger partial charge < -0.3 is 9.64 Å². The summed E-state index contributed by atoms with van der Waals surface area (Å²) in [5.74, 6) is -0.118. The molecule has 3 aromatic rings. The van der Waals surface area contributed by atoms with Crippen LogP contribution in [0.15, 0.2) is 84.0 Å². The van der Waals surface area contributed by atoms with Gasteiger partial charge in [-0.3, -0.25) is 9.59 Å². The number of nitrogens with zero attached hydrogens (tertiary/aromatic N) is 2. The zero-order valence-electron chi connectivity index (χ0n) is 17.3. The number of anilines is 1. The molecule has 1 fully saturated rings. The van der Waals surface area contributed by atoms with Gasteiger partial charge >= 0.3 is 0 Å². The van der Waals surface area contributed by atoms with Gasteiger partial charge in [-0.15, -0.1) is 0 Å². The van der Waals surface area contributed by atoms with E-state index in [4.69, 9.17) is 16.3 Å². The van der Waals surface area contributed by atoms with E-state index in [0.717, 1.165) is 16.8 Å². The average molecular weight is 448 g/mol. The summed E-state index contributed by atoms with van der Waals surface area (Å²) in [5, 5.41) is 4.71. The van der Waals surface area contributed by atoms with Crippen molar-refractivity contribution >= 4 is 35.3 Å². The third kappa shape index (κ3) is 5.34. The molecule has 1 aliphatic rings. The van der Waals surface area contributed by atoms with Crippen molar-refractivity contribution in [3.63, 3.8) is 0 Å². The molecular formula is C25H22ClN3O3. The van der Waals surface area contributed by atoms with Crippen LogP contribution in [0, 0.1) is 5.92 Å². The van der Waals surface area contributed by atoms with Crippen LogP contribution in [0.1, 0.15) is 17.5 Å². The van der Waals surface area contributed by atoms with E-state index in [1.54, 1.807) is 11.1 Å². The molecule has 2 amide bonds. The van der Waals surface area contributed by atoms with E-state index in [9.17, 15) is 9.59 Å². The predicted molar refractivity (Wildman–Crippen MR) is 125 cm³/mol. The summed E-state index contributed by atoms with van der Waals surface area (Å²) in [7, 11) is 0. The fourth-order valence-electron chi connectivity index (χ4n) is 3.46. The quantitative estimate of drug-likeness (QED) is 0.430. The lowest BCUT2D eigenvalue weighted by Gasteiger charge is -2.16. The highest BCUT2D eigenvalue weighted by atomic mass is 35.5. The van der Waals surface area contributed by atoms with Crippen LogP contribution in [0.2, 0.25) is 5.02 Å². The fourth-order valence-corrected chi connectivity index (χ4v) is 3.65. The minimum atomic E-state index is -0.440. The van der Waals surface area contributed by atoms with Gasteiger partial charge in [-0.1, -0.05) is 60.1 Å². The van der Waals surface area contributed by atoms with E-state index in [1.807, 2.05) is 78.9 Å². The molecule has 0 aromatic heterocycles. The molecule has 1 saturated heterocycles. The van der Waals surface area contributed by atoms with E-state index in [1.165, 1.54) is 0 Å². The number of amides is 2. The number of hydrogen-bond donors (Lipinski definition) is 1. The number of ether oxygens (including phenoxy) is 1. The van der Waals surface area contributed by atoms with Gasteiger partial charge in [0.05, 0.1) is 12.1 Å². The average Bonchev–Trinajstić information content (AvgIpc) is 3.21. The topological polar surface area (TPSA) is 71.0 Å². The van der Waals surface area contributed by atoms with Crippen LogP contribution in [0.25, 0.3) is 0 Å². The first-order valence-corrected chi connectivity index (χ1v) is 10.6. The molecule has 4 rings (SSSR count).